The van der Waals surface area contributed by atoms with Gasteiger partial charge < -0.3 is 4.89 Å². The highest BCUT2D eigenvalue weighted by Gasteiger charge is 2.15. The third kappa shape index (κ3) is 1.98. The lowest BCUT2D eigenvalue weighted by Crippen LogP contribution is -2.09. The van der Waals surface area contributed by atoms with Crippen molar-refractivity contribution >= 4 is 0 Å². The number of hydrogen-bond donors (Lipinski definition) is 1. The molecule has 0 aliphatic carbocycles. The van der Waals surface area contributed by atoms with E-state index in [4.69, 9.17) is 5.26 Å². The predicted molar refractivity (Wildman–Crippen MR) is 32.3 cm³/mol. The lowest BCUT2D eigenvalue weighted by molar-refractivity contribution is -0.216. The van der Waals surface area contributed by atoms with Gasteiger partial charge in [0.15, 0.2) is 0 Å². The van der Waals surface area contributed by atoms with Crippen LogP contribution in [0.3, 0.4) is 0 Å². The maximum absolute atomic E-state index is 8.07. The Morgan fingerprint density at radius 2 is 1.88 bits per heavy atom. The Hall–Kier alpha value is -0.500. The topological polar surface area (TPSA) is 29.5 Å². The summed E-state index contributed by atoms with van der Waals surface area (Å²) in [5.41, 5.74) is -0.158. The summed E-state index contributed by atoms with van der Waals surface area (Å²) >= 11 is 0. The maximum Gasteiger partial charge on any atom is 0.140 e. The molecule has 2 heteroatoms. The van der Waals surface area contributed by atoms with Gasteiger partial charge in [-0.1, -0.05) is 27.4 Å². The SMILES string of the molecule is C=C(OO)C(C)(C)C. The molecular formula is C6H12O2. The van der Waals surface area contributed by atoms with Crippen LogP contribution in [0.1, 0.15) is 20.8 Å². The average molecular weight is 116 g/mol. The van der Waals surface area contributed by atoms with Crippen LogP contribution >= 0.6 is 0 Å². The van der Waals surface area contributed by atoms with Gasteiger partial charge in [-0.3, -0.25) is 0 Å². The molecule has 0 aliphatic rings. The first-order valence-corrected chi connectivity index (χ1v) is 2.49. The highest BCUT2D eigenvalue weighted by molar-refractivity contribution is 4.94. The van der Waals surface area contributed by atoms with Crippen LogP contribution in [0, 0.1) is 5.41 Å². The van der Waals surface area contributed by atoms with E-state index in [9.17, 15) is 0 Å². The molecule has 0 saturated carbocycles. The lowest BCUT2D eigenvalue weighted by Gasteiger charge is -2.16. The van der Waals surface area contributed by atoms with Gasteiger partial charge in [-0.25, -0.2) is 5.26 Å². The smallest absolute Gasteiger partial charge is 0.140 e. The van der Waals surface area contributed by atoms with Crippen LogP contribution in [0.4, 0.5) is 0 Å². The van der Waals surface area contributed by atoms with E-state index in [1.54, 1.807) is 0 Å². The molecule has 0 aromatic carbocycles. The van der Waals surface area contributed by atoms with Gasteiger partial charge in [0.25, 0.3) is 0 Å². The number of allylic oxidation sites excluding steroid dienone is 1. The molecule has 1 N–H and O–H groups in total. The van der Waals surface area contributed by atoms with E-state index >= 15 is 0 Å². The molecule has 0 fully saturated rings. The zero-order valence-electron chi connectivity index (χ0n) is 5.56. The van der Waals surface area contributed by atoms with E-state index in [0.717, 1.165) is 0 Å². The standard InChI is InChI=1S/C6H12O2/c1-5(8-7)6(2,3)4/h7H,1H2,2-4H3. The highest BCUT2D eigenvalue weighted by Crippen LogP contribution is 2.22. The minimum absolute atomic E-state index is 0.158. The zero-order chi connectivity index (χ0) is 6.78. The summed E-state index contributed by atoms with van der Waals surface area (Å²) in [7, 11) is 0. The van der Waals surface area contributed by atoms with Gasteiger partial charge in [0, 0.05) is 5.41 Å². The molecule has 0 radical (unpaired) electrons. The van der Waals surface area contributed by atoms with Gasteiger partial charge >= 0.3 is 0 Å². The molecule has 0 aliphatic heterocycles. The van der Waals surface area contributed by atoms with E-state index in [1.165, 1.54) is 0 Å². The molecule has 0 spiro atoms. The lowest BCUT2D eigenvalue weighted by atomic mass is 9.95. The van der Waals surface area contributed by atoms with E-state index in [2.05, 4.69) is 11.5 Å². The fourth-order valence-corrected chi connectivity index (χ4v) is 0.137. The Kier molecular flexibility index (Phi) is 2.04. The highest BCUT2D eigenvalue weighted by atomic mass is 17.1. The van der Waals surface area contributed by atoms with Crippen LogP contribution in [0.15, 0.2) is 12.3 Å². The monoisotopic (exact) mass is 116 g/mol. The Morgan fingerprint density at radius 1 is 1.50 bits per heavy atom. The van der Waals surface area contributed by atoms with Crippen molar-refractivity contribution in [3.63, 3.8) is 0 Å². The molecule has 48 valence electrons. The van der Waals surface area contributed by atoms with Gasteiger partial charge in [0.05, 0.1) is 0 Å². The van der Waals surface area contributed by atoms with Crippen molar-refractivity contribution in [1.29, 1.82) is 0 Å². The van der Waals surface area contributed by atoms with Crippen LogP contribution in [-0.2, 0) is 4.89 Å². The van der Waals surface area contributed by atoms with Crippen molar-refractivity contribution in [1.82, 2.24) is 0 Å². The normalized spacial score (nSPS) is 11.0. The van der Waals surface area contributed by atoms with Crippen LogP contribution in [0.2, 0.25) is 0 Å². The molecule has 0 bridgehead atoms. The number of hydrogen-bond acceptors (Lipinski definition) is 2. The number of rotatable bonds is 1. The van der Waals surface area contributed by atoms with Gasteiger partial charge in [-0.15, -0.1) is 0 Å². The van der Waals surface area contributed by atoms with Crippen LogP contribution in [0.25, 0.3) is 0 Å². The Bertz CT molecular complexity index is 89.2. The third-order valence-electron chi connectivity index (χ3n) is 0.947. The largest absolute Gasteiger partial charge is 0.345 e. The first-order valence-electron chi connectivity index (χ1n) is 2.49. The minimum atomic E-state index is -0.158. The molecular weight excluding hydrogens is 104 g/mol. The van der Waals surface area contributed by atoms with Crippen molar-refractivity contribution in [2.45, 2.75) is 20.8 Å². The van der Waals surface area contributed by atoms with Crippen molar-refractivity contribution in [2.75, 3.05) is 0 Å². The maximum atomic E-state index is 8.07. The third-order valence-corrected chi connectivity index (χ3v) is 0.947. The van der Waals surface area contributed by atoms with Gasteiger partial charge in [0.1, 0.15) is 5.76 Å². The summed E-state index contributed by atoms with van der Waals surface area (Å²) in [5, 5.41) is 8.07. The molecule has 0 heterocycles. The Balaban J connectivity index is 3.82. The second-order valence-corrected chi connectivity index (χ2v) is 2.76. The fraction of sp³-hybridized carbons (Fsp3) is 0.667. The van der Waals surface area contributed by atoms with Crippen molar-refractivity contribution in [3.8, 4) is 0 Å². The van der Waals surface area contributed by atoms with E-state index in [1.807, 2.05) is 20.8 Å². The van der Waals surface area contributed by atoms with Crippen molar-refractivity contribution < 1.29 is 10.1 Å². The molecule has 0 unspecified atom stereocenters. The van der Waals surface area contributed by atoms with Gasteiger partial charge in [0.2, 0.25) is 0 Å². The van der Waals surface area contributed by atoms with E-state index in [-0.39, 0.29) is 5.41 Å². The van der Waals surface area contributed by atoms with Crippen LogP contribution in [0.5, 0.6) is 0 Å². The molecule has 0 rings (SSSR count). The summed E-state index contributed by atoms with van der Waals surface area (Å²) in [5.74, 6) is 0.387. The molecule has 0 aromatic rings. The zero-order valence-corrected chi connectivity index (χ0v) is 5.56. The summed E-state index contributed by atoms with van der Waals surface area (Å²) in [4.78, 5) is 3.92. The molecule has 0 atom stereocenters. The average Bonchev–Trinajstić information content (AvgIpc) is 1.62. The molecule has 8 heavy (non-hydrogen) atoms. The quantitative estimate of drug-likeness (QED) is 0.322. The first-order chi connectivity index (χ1) is 3.48. The van der Waals surface area contributed by atoms with Crippen LogP contribution in [-0.4, -0.2) is 5.26 Å². The second-order valence-electron chi connectivity index (χ2n) is 2.76. The Morgan fingerprint density at radius 3 is 1.88 bits per heavy atom. The van der Waals surface area contributed by atoms with E-state index < -0.39 is 0 Å². The van der Waals surface area contributed by atoms with Crippen LogP contribution < -0.4 is 0 Å². The molecule has 0 saturated heterocycles. The minimum Gasteiger partial charge on any atom is -0.345 e. The molecule has 2 nitrogen and oxygen atoms in total. The Labute approximate surface area is 49.7 Å². The molecule has 0 amide bonds. The first kappa shape index (κ1) is 7.50. The van der Waals surface area contributed by atoms with Crippen molar-refractivity contribution in [2.24, 2.45) is 5.41 Å². The van der Waals surface area contributed by atoms with Gasteiger partial charge in [-0.2, -0.15) is 0 Å². The van der Waals surface area contributed by atoms with Gasteiger partial charge in [-0.05, 0) is 0 Å². The second kappa shape index (κ2) is 2.18. The summed E-state index contributed by atoms with van der Waals surface area (Å²) in [6.45, 7) is 9.20. The van der Waals surface area contributed by atoms with E-state index in [0.29, 0.717) is 5.76 Å². The summed E-state index contributed by atoms with van der Waals surface area (Å²) in [6, 6.07) is 0. The fourth-order valence-electron chi connectivity index (χ4n) is 0.137. The predicted octanol–water partition coefficient (Wildman–Crippen LogP) is 2.04. The van der Waals surface area contributed by atoms with Crippen molar-refractivity contribution in [3.05, 3.63) is 12.3 Å². The molecule has 0 aromatic heterocycles. The summed E-state index contributed by atoms with van der Waals surface area (Å²) < 4.78 is 0. The summed E-state index contributed by atoms with van der Waals surface area (Å²) in [6.07, 6.45) is 0.